The molecule has 1 heterocycles. The van der Waals surface area contributed by atoms with Crippen LogP contribution < -0.4 is 0 Å². The summed E-state index contributed by atoms with van der Waals surface area (Å²) < 4.78 is 2.86. The van der Waals surface area contributed by atoms with E-state index in [-0.39, 0.29) is 0 Å². The molecule has 0 aliphatic heterocycles. The molecule has 0 spiro atoms. The maximum atomic E-state index is 5.74. The lowest BCUT2D eigenvalue weighted by atomic mass is 10.2. The zero-order valence-corrected chi connectivity index (χ0v) is 10.2. The molecule has 0 saturated carbocycles. The van der Waals surface area contributed by atoms with Gasteiger partial charge >= 0.3 is 0 Å². The SMILES string of the molecule is ClCc1ncnn1Cc1cccc(Br)c1. The zero-order chi connectivity index (χ0) is 10.7. The summed E-state index contributed by atoms with van der Waals surface area (Å²) in [5, 5.41) is 4.12. The molecule has 0 amide bonds. The van der Waals surface area contributed by atoms with Gasteiger partial charge in [0.1, 0.15) is 12.2 Å². The van der Waals surface area contributed by atoms with E-state index in [0.717, 1.165) is 10.3 Å². The summed E-state index contributed by atoms with van der Waals surface area (Å²) in [5.74, 6) is 1.17. The van der Waals surface area contributed by atoms with Gasteiger partial charge in [0.15, 0.2) is 0 Å². The molecule has 0 atom stereocenters. The Balaban J connectivity index is 2.22. The van der Waals surface area contributed by atoms with Gasteiger partial charge in [-0.3, -0.25) is 0 Å². The lowest BCUT2D eigenvalue weighted by Gasteiger charge is -2.04. The molecule has 15 heavy (non-hydrogen) atoms. The number of halogens is 2. The molecular formula is C10H9BrClN3. The fraction of sp³-hybridized carbons (Fsp3) is 0.200. The number of hydrogen-bond donors (Lipinski definition) is 0. The predicted octanol–water partition coefficient (Wildman–Crippen LogP) is 2.83. The third-order valence-electron chi connectivity index (χ3n) is 2.04. The quantitative estimate of drug-likeness (QED) is 0.812. The predicted molar refractivity (Wildman–Crippen MR) is 62.8 cm³/mol. The van der Waals surface area contributed by atoms with Crippen LogP contribution in [0.3, 0.4) is 0 Å². The van der Waals surface area contributed by atoms with Gasteiger partial charge in [-0.05, 0) is 17.7 Å². The van der Waals surface area contributed by atoms with Gasteiger partial charge in [-0.2, -0.15) is 5.10 Å². The summed E-state index contributed by atoms with van der Waals surface area (Å²) in [5.41, 5.74) is 1.17. The van der Waals surface area contributed by atoms with Crippen LogP contribution in [0.2, 0.25) is 0 Å². The van der Waals surface area contributed by atoms with Crippen molar-refractivity contribution in [3.8, 4) is 0 Å². The first kappa shape index (κ1) is 10.6. The molecule has 0 fully saturated rings. The van der Waals surface area contributed by atoms with Crippen molar-refractivity contribution < 1.29 is 0 Å². The first-order valence-electron chi connectivity index (χ1n) is 4.46. The maximum Gasteiger partial charge on any atom is 0.142 e. The summed E-state index contributed by atoms with van der Waals surface area (Å²) >= 11 is 9.17. The van der Waals surface area contributed by atoms with E-state index in [1.807, 2.05) is 18.2 Å². The summed E-state index contributed by atoms with van der Waals surface area (Å²) in [6.07, 6.45) is 1.52. The smallest absolute Gasteiger partial charge is 0.142 e. The fourth-order valence-electron chi connectivity index (χ4n) is 1.33. The molecule has 0 saturated heterocycles. The monoisotopic (exact) mass is 285 g/mol. The largest absolute Gasteiger partial charge is 0.244 e. The topological polar surface area (TPSA) is 30.7 Å². The van der Waals surface area contributed by atoms with Gasteiger partial charge in [0.05, 0.1) is 12.4 Å². The average molecular weight is 287 g/mol. The van der Waals surface area contributed by atoms with Crippen molar-refractivity contribution in [1.29, 1.82) is 0 Å². The Kier molecular flexibility index (Phi) is 3.38. The maximum absolute atomic E-state index is 5.74. The van der Waals surface area contributed by atoms with Gasteiger partial charge in [0.2, 0.25) is 0 Å². The number of alkyl halides is 1. The number of hydrogen-bond acceptors (Lipinski definition) is 2. The Bertz CT molecular complexity index is 455. The van der Waals surface area contributed by atoms with Gasteiger partial charge < -0.3 is 0 Å². The Hall–Kier alpha value is -0.870. The number of benzene rings is 1. The summed E-state index contributed by atoms with van der Waals surface area (Å²) in [6, 6.07) is 8.09. The Morgan fingerprint density at radius 1 is 1.40 bits per heavy atom. The second-order valence-electron chi connectivity index (χ2n) is 3.10. The number of aromatic nitrogens is 3. The van der Waals surface area contributed by atoms with Gasteiger partial charge in [-0.1, -0.05) is 28.1 Å². The average Bonchev–Trinajstić information content (AvgIpc) is 2.65. The lowest BCUT2D eigenvalue weighted by Crippen LogP contribution is -2.05. The van der Waals surface area contributed by atoms with Crippen molar-refractivity contribution >= 4 is 27.5 Å². The molecule has 0 radical (unpaired) electrons. The van der Waals surface area contributed by atoms with Gasteiger partial charge in [-0.25, -0.2) is 9.67 Å². The van der Waals surface area contributed by atoms with Crippen molar-refractivity contribution in [2.45, 2.75) is 12.4 Å². The molecule has 2 aromatic rings. The van der Waals surface area contributed by atoms with Crippen molar-refractivity contribution in [1.82, 2.24) is 14.8 Å². The van der Waals surface area contributed by atoms with Crippen LogP contribution in [0.4, 0.5) is 0 Å². The molecule has 78 valence electrons. The molecule has 3 nitrogen and oxygen atoms in total. The molecule has 0 unspecified atom stereocenters. The molecule has 0 N–H and O–H groups in total. The third-order valence-corrected chi connectivity index (χ3v) is 2.77. The van der Waals surface area contributed by atoms with E-state index < -0.39 is 0 Å². The first-order chi connectivity index (χ1) is 7.29. The van der Waals surface area contributed by atoms with Crippen molar-refractivity contribution in [2.24, 2.45) is 0 Å². The van der Waals surface area contributed by atoms with Crippen molar-refractivity contribution in [3.63, 3.8) is 0 Å². The van der Waals surface area contributed by atoms with Gasteiger partial charge in [0, 0.05) is 4.47 Å². The van der Waals surface area contributed by atoms with E-state index in [2.05, 4.69) is 32.1 Å². The molecule has 1 aromatic heterocycles. The first-order valence-corrected chi connectivity index (χ1v) is 5.79. The standard InChI is InChI=1S/C10H9BrClN3/c11-9-3-1-2-8(4-9)6-15-10(5-12)13-7-14-15/h1-4,7H,5-6H2. The molecule has 2 rings (SSSR count). The highest BCUT2D eigenvalue weighted by atomic mass is 79.9. The lowest BCUT2D eigenvalue weighted by molar-refractivity contribution is 0.656. The van der Waals surface area contributed by atoms with Crippen LogP contribution in [0.25, 0.3) is 0 Å². The highest BCUT2D eigenvalue weighted by Crippen LogP contribution is 2.13. The zero-order valence-electron chi connectivity index (χ0n) is 7.90. The summed E-state index contributed by atoms with van der Waals surface area (Å²) in [7, 11) is 0. The highest BCUT2D eigenvalue weighted by Gasteiger charge is 2.03. The van der Waals surface area contributed by atoms with Crippen LogP contribution >= 0.6 is 27.5 Å². The minimum Gasteiger partial charge on any atom is -0.244 e. The molecule has 0 bridgehead atoms. The van der Waals surface area contributed by atoms with Gasteiger partial charge in [0.25, 0.3) is 0 Å². The minimum absolute atomic E-state index is 0.383. The van der Waals surface area contributed by atoms with E-state index in [9.17, 15) is 0 Å². The fourth-order valence-corrected chi connectivity index (χ4v) is 1.99. The van der Waals surface area contributed by atoms with Crippen LogP contribution in [-0.2, 0) is 12.4 Å². The highest BCUT2D eigenvalue weighted by molar-refractivity contribution is 9.10. The number of nitrogens with zero attached hydrogens (tertiary/aromatic N) is 3. The summed E-state index contributed by atoms with van der Waals surface area (Å²) in [6.45, 7) is 0.696. The van der Waals surface area contributed by atoms with E-state index in [1.54, 1.807) is 4.68 Å². The van der Waals surface area contributed by atoms with Crippen LogP contribution in [0, 0.1) is 0 Å². The Morgan fingerprint density at radius 2 is 2.27 bits per heavy atom. The Morgan fingerprint density at radius 3 is 3.00 bits per heavy atom. The van der Waals surface area contributed by atoms with Crippen LogP contribution in [0.1, 0.15) is 11.4 Å². The molecule has 1 aromatic carbocycles. The normalized spacial score (nSPS) is 10.5. The second kappa shape index (κ2) is 4.77. The number of rotatable bonds is 3. The second-order valence-corrected chi connectivity index (χ2v) is 4.28. The van der Waals surface area contributed by atoms with Crippen LogP contribution in [-0.4, -0.2) is 14.8 Å². The van der Waals surface area contributed by atoms with E-state index in [0.29, 0.717) is 12.4 Å². The third kappa shape index (κ3) is 2.58. The molecule has 0 aliphatic carbocycles. The van der Waals surface area contributed by atoms with Crippen molar-refractivity contribution in [3.05, 3.63) is 46.5 Å². The minimum atomic E-state index is 0.383. The summed E-state index contributed by atoms with van der Waals surface area (Å²) in [4.78, 5) is 4.06. The molecular weight excluding hydrogens is 277 g/mol. The molecule has 5 heteroatoms. The van der Waals surface area contributed by atoms with E-state index in [1.165, 1.54) is 11.9 Å². The van der Waals surface area contributed by atoms with Crippen molar-refractivity contribution in [2.75, 3.05) is 0 Å². The Labute approximate surface area is 101 Å². The van der Waals surface area contributed by atoms with Crippen LogP contribution in [0.5, 0.6) is 0 Å². The molecule has 0 aliphatic rings. The van der Waals surface area contributed by atoms with Gasteiger partial charge in [-0.15, -0.1) is 11.6 Å². The van der Waals surface area contributed by atoms with Crippen LogP contribution in [0.15, 0.2) is 35.1 Å². The van der Waals surface area contributed by atoms with E-state index in [4.69, 9.17) is 11.6 Å². The van der Waals surface area contributed by atoms with E-state index >= 15 is 0 Å².